The van der Waals surface area contributed by atoms with E-state index < -0.39 is 31.9 Å². The monoisotopic (exact) mass is 331 g/mol. The first kappa shape index (κ1) is 17.2. The molecule has 0 saturated heterocycles. The number of sulfone groups is 1. The van der Waals surface area contributed by atoms with E-state index >= 15 is 0 Å². The highest BCUT2D eigenvalue weighted by Gasteiger charge is 2.24. The van der Waals surface area contributed by atoms with Crippen LogP contribution in [0.3, 0.4) is 0 Å². The van der Waals surface area contributed by atoms with Gasteiger partial charge in [-0.3, -0.25) is 4.79 Å². The first-order valence-corrected chi connectivity index (χ1v) is 8.94. The lowest BCUT2D eigenvalue weighted by molar-refractivity contribution is -0.138. The Morgan fingerprint density at radius 1 is 1.24 bits per heavy atom. The van der Waals surface area contributed by atoms with Crippen LogP contribution in [0.15, 0.2) is 34.1 Å². The third-order valence-corrected chi connectivity index (χ3v) is 5.10. The largest absolute Gasteiger partial charge is 0.480 e. The zero-order chi connectivity index (χ0) is 16.3. The highest BCUT2D eigenvalue weighted by atomic mass is 32.2. The van der Waals surface area contributed by atoms with E-state index in [0.29, 0.717) is 0 Å². The van der Waals surface area contributed by atoms with Gasteiger partial charge in [-0.25, -0.2) is 16.8 Å². The molecule has 0 heterocycles. The minimum Gasteiger partial charge on any atom is -0.480 e. The molecule has 1 rings (SSSR count). The van der Waals surface area contributed by atoms with E-state index in [2.05, 4.69) is 5.92 Å². The highest BCUT2D eigenvalue weighted by Crippen LogP contribution is 2.15. The van der Waals surface area contributed by atoms with Crippen molar-refractivity contribution < 1.29 is 26.7 Å². The summed E-state index contributed by atoms with van der Waals surface area (Å²) in [5.41, 5.74) is 0. The van der Waals surface area contributed by atoms with Crippen molar-refractivity contribution in [3.05, 3.63) is 24.3 Å². The van der Waals surface area contributed by atoms with E-state index in [-0.39, 0.29) is 16.2 Å². The summed E-state index contributed by atoms with van der Waals surface area (Å²) in [5.74, 6) is 0.666. The van der Waals surface area contributed by atoms with Crippen LogP contribution in [0.1, 0.15) is 6.42 Å². The van der Waals surface area contributed by atoms with Crippen LogP contribution in [0.4, 0.5) is 0 Å². The number of nitrogens with one attached hydrogen (secondary N) is 1. The maximum Gasteiger partial charge on any atom is 0.322 e. The maximum atomic E-state index is 12.0. The van der Waals surface area contributed by atoms with Crippen LogP contribution >= 0.6 is 0 Å². The first-order chi connectivity index (χ1) is 9.58. The van der Waals surface area contributed by atoms with Gasteiger partial charge >= 0.3 is 5.97 Å². The maximum absolute atomic E-state index is 12.0. The molecule has 0 bridgehead atoms. The van der Waals surface area contributed by atoms with Crippen molar-refractivity contribution in [2.45, 2.75) is 22.3 Å². The van der Waals surface area contributed by atoms with Crippen LogP contribution in [0, 0.1) is 12.3 Å². The topological polar surface area (TPSA) is 118 Å². The summed E-state index contributed by atoms with van der Waals surface area (Å²) in [7, 11) is -7.56. The molecule has 7 nitrogen and oxygen atoms in total. The average Bonchev–Trinajstić information content (AvgIpc) is 2.37. The van der Waals surface area contributed by atoms with Gasteiger partial charge in [0.25, 0.3) is 0 Å². The standard InChI is InChI=1S/C12H13NO6S2/c1-3-4-11(12(14)15)13-21(18,19)10-7-5-9(6-8-10)20(2,16)17/h1,5-8,11,13H,4H2,2H3,(H,14,15). The Balaban J connectivity index is 3.09. The van der Waals surface area contributed by atoms with Crippen molar-refractivity contribution in [2.24, 2.45) is 0 Å². The molecule has 21 heavy (non-hydrogen) atoms. The minimum atomic E-state index is -4.11. The van der Waals surface area contributed by atoms with Crippen molar-refractivity contribution in [3.8, 4) is 12.3 Å². The predicted molar refractivity (Wildman–Crippen MR) is 74.7 cm³/mol. The van der Waals surface area contributed by atoms with Crippen molar-refractivity contribution in [2.75, 3.05) is 6.26 Å². The molecule has 0 aliphatic heterocycles. The molecule has 0 fully saturated rings. The minimum absolute atomic E-state index is 0.0418. The summed E-state index contributed by atoms with van der Waals surface area (Å²) in [5, 5.41) is 8.86. The van der Waals surface area contributed by atoms with Crippen molar-refractivity contribution in [1.29, 1.82) is 0 Å². The van der Waals surface area contributed by atoms with E-state index in [1.165, 1.54) is 0 Å². The highest BCUT2D eigenvalue weighted by molar-refractivity contribution is 7.90. The number of hydrogen-bond acceptors (Lipinski definition) is 5. The summed E-state index contributed by atoms with van der Waals surface area (Å²) < 4.78 is 48.5. The van der Waals surface area contributed by atoms with Crippen LogP contribution in [0.5, 0.6) is 0 Å². The van der Waals surface area contributed by atoms with Crippen LogP contribution in [0.25, 0.3) is 0 Å². The van der Waals surface area contributed by atoms with Gasteiger partial charge < -0.3 is 5.11 Å². The molecule has 1 atom stereocenters. The first-order valence-electron chi connectivity index (χ1n) is 5.56. The fourth-order valence-corrected chi connectivity index (χ4v) is 3.24. The van der Waals surface area contributed by atoms with Gasteiger partial charge in [0.2, 0.25) is 10.0 Å². The molecular weight excluding hydrogens is 318 g/mol. The number of terminal acetylenes is 1. The van der Waals surface area contributed by atoms with Gasteiger partial charge in [0, 0.05) is 12.7 Å². The van der Waals surface area contributed by atoms with E-state index in [4.69, 9.17) is 11.5 Å². The molecular formula is C12H13NO6S2. The van der Waals surface area contributed by atoms with Gasteiger partial charge in [-0.1, -0.05) is 0 Å². The normalized spacial score (nSPS) is 13.3. The Morgan fingerprint density at radius 2 is 1.71 bits per heavy atom. The Morgan fingerprint density at radius 3 is 2.10 bits per heavy atom. The summed E-state index contributed by atoms with van der Waals surface area (Å²) in [6, 6.07) is 2.96. The van der Waals surface area contributed by atoms with Gasteiger partial charge in [0.1, 0.15) is 6.04 Å². The number of aliphatic carboxylic acids is 1. The van der Waals surface area contributed by atoms with E-state index in [1.54, 1.807) is 0 Å². The Kier molecular flexibility index (Phi) is 5.11. The third kappa shape index (κ3) is 4.56. The molecule has 1 aromatic rings. The quantitative estimate of drug-likeness (QED) is 0.700. The molecule has 114 valence electrons. The Bertz CT molecular complexity index is 772. The lowest BCUT2D eigenvalue weighted by Crippen LogP contribution is -2.40. The van der Waals surface area contributed by atoms with Crippen molar-refractivity contribution >= 4 is 25.8 Å². The molecule has 9 heteroatoms. The van der Waals surface area contributed by atoms with Gasteiger partial charge in [0.05, 0.1) is 9.79 Å². The number of rotatable bonds is 6. The Labute approximate surface area is 123 Å². The van der Waals surface area contributed by atoms with Crippen LogP contribution in [-0.4, -0.2) is 40.2 Å². The molecule has 2 N–H and O–H groups in total. The van der Waals surface area contributed by atoms with Crippen molar-refractivity contribution in [1.82, 2.24) is 4.72 Å². The third-order valence-electron chi connectivity index (χ3n) is 2.48. The second-order valence-electron chi connectivity index (χ2n) is 4.16. The van der Waals surface area contributed by atoms with Crippen LogP contribution in [0.2, 0.25) is 0 Å². The van der Waals surface area contributed by atoms with Crippen molar-refractivity contribution in [3.63, 3.8) is 0 Å². The van der Waals surface area contributed by atoms with Gasteiger partial charge in [-0.2, -0.15) is 4.72 Å². The fraction of sp³-hybridized carbons (Fsp3) is 0.250. The van der Waals surface area contributed by atoms with Gasteiger partial charge in [0.15, 0.2) is 9.84 Å². The van der Waals surface area contributed by atoms with E-state index in [0.717, 1.165) is 30.5 Å². The van der Waals surface area contributed by atoms with Gasteiger partial charge in [-0.05, 0) is 24.3 Å². The number of carbonyl (C=O) groups is 1. The Hall–Kier alpha value is -1.89. The van der Waals surface area contributed by atoms with Crippen LogP contribution < -0.4 is 4.72 Å². The number of hydrogen-bond donors (Lipinski definition) is 2. The number of benzene rings is 1. The summed E-state index contributed by atoms with van der Waals surface area (Å²) in [6.07, 6.45) is 5.66. The summed E-state index contributed by atoms with van der Waals surface area (Å²) in [6.45, 7) is 0. The number of sulfonamides is 1. The number of carboxylic acids is 1. The SMILES string of the molecule is C#CCC(NS(=O)(=O)c1ccc(S(C)(=O)=O)cc1)C(=O)O. The molecule has 0 aliphatic carbocycles. The lowest BCUT2D eigenvalue weighted by Gasteiger charge is -2.12. The van der Waals surface area contributed by atoms with E-state index in [1.807, 2.05) is 4.72 Å². The predicted octanol–water partition coefficient (Wildman–Crippen LogP) is -0.155. The van der Waals surface area contributed by atoms with E-state index in [9.17, 15) is 21.6 Å². The van der Waals surface area contributed by atoms with Gasteiger partial charge in [-0.15, -0.1) is 12.3 Å². The molecule has 1 unspecified atom stereocenters. The zero-order valence-corrected chi connectivity index (χ0v) is 12.6. The average molecular weight is 331 g/mol. The molecule has 1 aromatic carbocycles. The molecule has 0 radical (unpaired) electrons. The second-order valence-corrected chi connectivity index (χ2v) is 7.89. The number of carboxylic acid groups (broad SMARTS) is 1. The summed E-state index contributed by atoms with van der Waals surface area (Å²) >= 11 is 0. The molecule has 0 spiro atoms. The molecule has 0 saturated carbocycles. The molecule has 0 aromatic heterocycles. The fourth-order valence-electron chi connectivity index (χ4n) is 1.42. The molecule has 0 amide bonds. The lowest BCUT2D eigenvalue weighted by atomic mass is 10.2. The van der Waals surface area contributed by atoms with Crippen LogP contribution in [-0.2, 0) is 24.7 Å². The zero-order valence-electron chi connectivity index (χ0n) is 11.0. The summed E-state index contributed by atoms with van der Waals surface area (Å²) in [4.78, 5) is 10.6. The smallest absolute Gasteiger partial charge is 0.322 e. The second kappa shape index (κ2) is 6.26. The molecule has 0 aliphatic rings.